The molecule has 1 amide bonds. The topological polar surface area (TPSA) is 104 Å². The van der Waals surface area contributed by atoms with Crippen molar-refractivity contribution in [3.63, 3.8) is 0 Å². The van der Waals surface area contributed by atoms with E-state index in [1.807, 2.05) is 13.8 Å². The highest BCUT2D eigenvalue weighted by Crippen LogP contribution is 2.24. The third kappa shape index (κ3) is 4.86. The number of hydrogen-bond acceptors (Lipinski definition) is 7. The number of sulfone groups is 1. The monoisotopic (exact) mass is 459 g/mol. The van der Waals surface area contributed by atoms with Crippen molar-refractivity contribution in [2.75, 3.05) is 38.7 Å². The van der Waals surface area contributed by atoms with Crippen molar-refractivity contribution in [1.82, 2.24) is 14.3 Å². The summed E-state index contributed by atoms with van der Waals surface area (Å²) >= 11 is 0. The fourth-order valence-electron chi connectivity index (χ4n) is 4.04. The smallest absolute Gasteiger partial charge is 0.268 e. The van der Waals surface area contributed by atoms with Crippen LogP contribution in [-0.2, 0) is 24.6 Å². The molecule has 11 heteroatoms. The number of hydrazine groups is 1. The fraction of sp³-hybridized carbons (Fsp3) is 0.632. The van der Waals surface area contributed by atoms with E-state index in [0.717, 1.165) is 0 Å². The van der Waals surface area contributed by atoms with Crippen molar-refractivity contribution in [2.45, 2.75) is 43.4 Å². The average molecular weight is 460 g/mol. The number of carbonyl (C=O) groups is 1. The van der Waals surface area contributed by atoms with Crippen molar-refractivity contribution in [3.05, 3.63) is 29.8 Å². The van der Waals surface area contributed by atoms with Gasteiger partial charge in [-0.1, -0.05) is 6.07 Å². The summed E-state index contributed by atoms with van der Waals surface area (Å²) in [6.07, 6.45) is -0.0860. The first-order valence-corrected chi connectivity index (χ1v) is 13.1. The molecule has 0 unspecified atom stereocenters. The second-order valence-electron chi connectivity index (χ2n) is 8.16. The van der Waals surface area contributed by atoms with Gasteiger partial charge in [-0.05, 0) is 38.5 Å². The molecule has 2 saturated heterocycles. The van der Waals surface area contributed by atoms with Gasteiger partial charge >= 0.3 is 0 Å². The molecule has 30 heavy (non-hydrogen) atoms. The van der Waals surface area contributed by atoms with Gasteiger partial charge in [0.15, 0.2) is 9.84 Å². The van der Waals surface area contributed by atoms with Crippen LogP contribution in [0.1, 0.15) is 30.6 Å². The van der Waals surface area contributed by atoms with Crippen LogP contribution >= 0.6 is 0 Å². The van der Waals surface area contributed by atoms with E-state index in [4.69, 9.17) is 4.74 Å². The summed E-state index contributed by atoms with van der Waals surface area (Å²) in [6, 6.07) is 5.44. The Bertz CT molecular complexity index is 999. The molecule has 3 atom stereocenters. The molecule has 0 N–H and O–H groups in total. The number of ether oxygens (including phenoxy) is 1. The Hall–Kier alpha value is -1.53. The van der Waals surface area contributed by atoms with Crippen molar-refractivity contribution in [2.24, 2.45) is 0 Å². The lowest BCUT2D eigenvalue weighted by atomic mass is 10.1. The summed E-state index contributed by atoms with van der Waals surface area (Å²) in [5.41, 5.74) is 0.198. The molecular weight excluding hydrogens is 430 g/mol. The zero-order valence-corrected chi connectivity index (χ0v) is 19.3. The summed E-state index contributed by atoms with van der Waals surface area (Å²) < 4.78 is 57.1. The second kappa shape index (κ2) is 8.54. The molecular formula is C19H29N3O6S2. The van der Waals surface area contributed by atoms with Crippen LogP contribution in [0.4, 0.5) is 0 Å². The number of benzene rings is 1. The molecule has 168 valence electrons. The zero-order chi connectivity index (χ0) is 22.3. The van der Waals surface area contributed by atoms with E-state index in [2.05, 4.69) is 0 Å². The lowest BCUT2D eigenvalue weighted by Crippen LogP contribution is -2.49. The third-order valence-corrected chi connectivity index (χ3v) is 8.88. The SMILES string of the molecule is C[C@@H]1CN(S(=O)(=O)c2cccc(C(=O)N([C@H]3CCS(=O)(=O)C3)N(C)C)c2)C[C@@H](C)O1. The number of rotatable bonds is 5. The first-order valence-electron chi connectivity index (χ1n) is 9.87. The first-order chi connectivity index (χ1) is 13.9. The summed E-state index contributed by atoms with van der Waals surface area (Å²) in [5, 5.41) is 2.95. The van der Waals surface area contributed by atoms with E-state index in [9.17, 15) is 21.6 Å². The molecule has 0 bridgehead atoms. The Morgan fingerprint density at radius 1 is 1.17 bits per heavy atom. The highest BCUT2D eigenvalue weighted by Gasteiger charge is 2.37. The van der Waals surface area contributed by atoms with Crippen LogP contribution in [0.3, 0.4) is 0 Å². The molecule has 0 radical (unpaired) electrons. The third-order valence-electron chi connectivity index (χ3n) is 5.30. The maximum Gasteiger partial charge on any atom is 0.268 e. The van der Waals surface area contributed by atoms with Crippen LogP contribution < -0.4 is 0 Å². The van der Waals surface area contributed by atoms with Gasteiger partial charge in [0.05, 0.1) is 34.7 Å². The van der Waals surface area contributed by atoms with Crippen molar-refractivity contribution < 1.29 is 26.4 Å². The summed E-state index contributed by atoms with van der Waals surface area (Å²) in [5.74, 6) is -0.488. The molecule has 1 aromatic carbocycles. The van der Waals surface area contributed by atoms with Crippen LogP contribution in [0.2, 0.25) is 0 Å². The molecule has 0 spiro atoms. The maximum atomic E-state index is 13.2. The Morgan fingerprint density at radius 3 is 2.33 bits per heavy atom. The van der Waals surface area contributed by atoms with Crippen LogP contribution in [0.25, 0.3) is 0 Å². The Balaban J connectivity index is 1.89. The van der Waals surface area contributed by atoms with Crippen molar-refractivity contribution in [1.29, 1.82) is 0 Å². The van der Waals surface area contributed by atoms with Gasteiger partial charge in [-0.3, -0.25) is 9.80 Å². The molecule has 0 aromatic heterocycles. The van der Waals surface area contributed by atoms with Gasteiger partial charge in [0.2, 0.25) is 10.0 Å². The molecule has 3 rings (SSSR count). The minimum Gasteiger partial charge on any atom is -0.373 e. The van der Waals surface area contributed by atoms with Crippen LogP contribution in [0, 0.1) is 0 Å². The van der Waals surface area contributed by atoms with Gasteiger partial charge in [-0.15, -0.1) is 0 Å². The molecule has 0 aliphatic carbocycles. The van der Waals surface area contributed by atoms with E-state index in [-0.39, 0.29) is 47.3 Å². The standard InChI is InChI=1S/C19H29N3O6S2/c1-14-11-21(12-15(2)28-14)30(26,27)18-7-5-6-16(10-18)19(23)22(20(3)4)17-8-9-29(24,25)13-17/h5-7,10,14-15,17H,8-9,11-13H2,1-4H3/t14-,15-,17+/m1/s1. The Labute approximate surface area is 178 Å². The van der Waals surface area contributed by atoms with Crippen LogP contribution in [0.15, 0.2) is 29.2 Å². The van der Waals surface area contributed by atoms with E-state index in [1.165, 1.54) is 27.5 Å². The number of amides is 1. The van der Waals surface area contributed by atoms with E-state index in [0.29, 0.717) is 6.42 Å². The quantitative estimate of drug-likeness (QED) is 0.594. The van der Waals surface area contributed by atoms with Gasteiger partial charge in [0.25, 0.3) is 5.91 Å². The number of hydrogen-bond donors (Lipinski definition) is 0. The van der Waals surface area contributed by atoms with Crippen LogP contribution in [0.5, 0.6) is 0 Å². The molecule has 1 aromatic rings. The summed E-state index contributed by atoms with van der Waals surface area (Å²) in [6.45, 7) is 4.13. The van der Waals surface area contributed by atoms with E-state index in [1.54, 1.807) is 25.2 Å². The Morgan fingerprint density at radius 2 is 1.80 bits per heavy atom. The normalized spacial score (nSPS) is 27.3. The maximum absolute atomic E-state index is 13.2. The first kappa shape index (κ1) is 23.1. The minimum atomic E-state index is -3.79. The average Bonchev–Trinajstić information content (AvgIpc) is 3.00. The van der Waals surface area contributed by atoms with E-state index >= 15 is 0 Å². The van der Waals surface area contributed by atoms with E-state index < -0.39 is 31.8 Å². The van der Waals surface area contributed by atoms with Crippen molar-refractivity contribution >= 4 is 25.8 Å². The largest absolute Gasteiger partial charge is 0.373 e. The zero-order valence-electron chi connectivity index (χ0n) is 17.7. The van der Waals surface area contributed by atoms with Crippen molar-refractivity contribution in [3.8, 4) is 0 Å². The molecule has 2 aliphatic heterocycles. The second-order valence-corrected chi connectivity index (χ2v) is 12.3. The number of morpholine rings is 1. The van der Waals surface area contributed by atoms with Gasteiger partial charge in [-0.2, -0.15) is 4.31 Å². The number of carbonyl (C=O) groups excluding carboxylic acids is 1. The highest BCUT2D eigenvalue weighted by atomic mass is 32.2. The summed E-state index contributed by atoms with van der Waals surface area (Å²) in [4.78, 5) is 13.2. The number of sulfonamides is 1. The van der Waals surface area contributed by atoms with Gasteiger partial charge < -0.3 is 4.74 Å². The predicted molar refractivity (Wildman–Crippen MR) is 112 cm³/mol. The van der Waals surface area contributed by atoms with Crippen LogP contribution in [-0.4, -0.2) is 94.0 Å². The lowest BCUT2D eigenvalue weighted by molar-refractivity contribution is -0.0440. The minimum absolute atomic E-state index is 0.0346. The fourth-order valence-corrected chi connectivity index (χ4v) is 7.37. The Kier molecular flexibility index (Phi) is 6.59. The van der Waals surface area contributed by atoms with Gasteiger partial charge in [0.1, 0.15) is 0 Å². The molecule has 2 heterocycles. The molecule has 2 fully saturated rings. The van der Waals surface area contributed by atoms with Gasteiger partial charge in [-0.25, -0.2) is 21.8 Å². The highest BCUT2D eigenvalue weighted by molar-refractivity contribution is 7.91. The number of nitrogens with zero attached hydrogens (tertiary/aromatic N) is 3. The molecule has 9 nitrogen and oxygen atoms in total. The molecule has 2 aliphatic rings. The lowest BCUT2D eigenvalue weighted by Gasteiger charge is -2.35. The summed E-state index contributed by atoms with van der Waals surface area (Å²) in [7, 11) is -3.64. The predicted octanol–water partition coefficient (Wildman–Crippen LogP) is 0.590. The molecule has 0 saturated carbocycles. The van der Waals surface area contributed by atoms with Gasteiger partial charge in [0, 0.05) is 32.7 Å².